The normalized spacial score (nSPS) is 13.2. The fourth-order valence-corrected chi connectivity index (χ4v) is 4.45. The number of carbonyl (C=O) groups is 1. The SMILES string of the molecule is COc1ccc2nccc(-c3[nH]c4c(c3Nc3cccc(Cl)c3OC)C(=O)CCC4)c2n1. The summed E-state index contributed by atoms with van der Waals surface area (Å²) >= 11 is 6.34. The number of ether oxygens (including phenoxy) is 2. The molecule has 0 spiro atoms. The number of para-hydroxylation sites is 1. The first-order valence-electron chi connectivity index (χ1n) is 10.3. The Labute approximate surface area is 189 Å². The highest BCUT2D eigenvalue weighted by molar-refractivity contribution is 6.32. The number of aromatic amines is 1. The van der Waals surface area contributed by atoms with E-state index in [9.17, 15) is 4.79 Å². The number of H-pyrrole nitrogens is 1. The van der Waals surface area contributed by atoms with Crippen molar-refractivity contribution in [1.82, 2.24) is 15.0 Å². The molecule has 4 aromatic rings. The molecule has 0 atom stereocenters. The summed E-state index contributed by atoms with van der Waals surface area (Å²) < 4.78 is 10.8. The van der Waals surface area contributed by atoms with Crippen LogP contribution < -0.4 is 14.8 Å². The lowest BCUT2D eigenvalue weighted by Crippen LogP contribution is -2.11. The topological polar surface area (TPSA) is 89.1 Å². The molecule has 8 heteroatoms. The van der Waals surface area contributed by atoms with Crippen molar-refractivity contribution in [1.29, 1.82) is 0 Å². The van der Waals surface area contributed by atoms with Gasteiger partial charge in [0.05, 0.1) is 47.4 Å². The maximum Gasteiger partial charge on any atom is 0.213 e. The van der Waals surface area contributed by atoms with Crippen LogP contribution in [0.1, 0.15) is 28.9 Å². The number of nitrogens with one attached hydrogen (secondary N) is 2. The Hall–Kier alpha value is -3.58. The van der Waals surface area contributed by atoms with Crippen LogP contribution in [-0.4, -0.2) is 35.0 Å². The average Bonchev–Trinajstić information content (AvgIpc) is 3.17. The van der Waals surface area contributed by atoms with E-state index in [0.717, 1.165) is 35.3 Å². The van der Waals surface area contributed by atoms with Crippen LogP contribution in [0.25, 0.3) is 22.3 Å². The van der Waals surface area contributed by atoms with Crippen molar-refractivity contribution in [3.8, 4) is 22.9 Å². The summed E-state index contributed by atoms with van der Waals surface area (Å²) in [4.78, 5) is 25.5. The fourth-order valence-electron chi connectivity index (χ4n) is 4.20. The third kappa shape index (κ3) is 3.35. The van der Waals surface area contributed by atoms with E-state index in [1.165, 1.54) is 0 Å². The Morgan fingerprint density at radius 3 is 2.78 bits per heavy atom. The van der Waals surface area contributed by atoms with Gasteiger partial charge in [-0.05, 0) is 37.1 Å². The van der Waals surface area contributed by atoms with E-state index >= 15 is 0 Å². The minimum Gasteiger partial charge on any atom is -0.493 e. The average molecular weight is 449 g/mol. The molecule has 1 aliphatic rings. The number of rotatable bonds is 5. The van der Waals surface area contributed by atoms with Gasteiger partial charge >= 0.3 is 0 Å². The molecule has 7 nitrogen and oxygen atoms in total. The van der Waals surface area contributed by atoms with Crippen molar-refractivity contribution >= 4 is 39.8 Å². The van der Waals surface area contributed by atoms with Gasteiger partial charge in [-0.1, -0.05) is 17.7 Å². The van der Waals surface area contributed by atoms with E-state index < -0.39 is 0 Å². The molecule has 0 radical (unpaired) electrons. The van der Waals surface area contributed by atoms with Gasteiger partial charge in [-0.25, -0.2) is 4.98 Å². The van der Waals surface area contributed by atoms with Gasteiger partial charge in [0, 0.05) is 29.9 Å². The number of Topliss-reactive ketones (excluding diaryl/α,β-unsaturated/α-hetero) is 1. The number of ketones is 1. The van der Waals surface area contributed by atoms with Crippen LogP contribution in [0.15, 0.2) is 42.6 Å². The van der Waals surface area contributed by atoms with Gasteiger partial charge in [-0.15, -0.1) is 0 Å². The fraction of sp³-hybridized carbons (Fsp3) is 0.208. The lowest BCUT2D eigenvalue weighted by molar-refractivity contribution is 0.0973. The molecule has 32 heavy (non-hydrogen) atoms. The maximum atomic E-state index is 13.0. The van der Waals surface area contributed by atoms with E-state index in [1.807, 2.05) is 24.3 Å². The Balaban J connectivity index is 1.76. The van der Waals surface area contributed by atoms with Crippen molar-refractivity contribution in [3.05, 3.63) is 58.9 Å². The predicted molar refractivity (Wildman–Crippen MR) is 124 cm³/mol. The number of benzene rings is 1. The van der Waals surface area contributed by atoms with Crippen molar-refractivity contribution < 1.29 is 14.3 Å². The Bertz CT molecular complexity index is 1350. The third-order valence-corrected chi connectivity index (χ3v) is 5.95. The Morgan fingerprint density at radius 2 is 1.97 bits per heavy atom. The van der Waals surface area contributed by atoms with Gasteiger partial charge in [-0.2, -0.15) is 0 Å². The molecular weight excluding hydrogens is 428 g/mol. The number of hydrogen-bond donors (Lipinski definition) is 2. The standard InChI is InChI=1S/C24H21ClN4O3/c1-31-19-10-9-16-21(29-19)13(11-12-26-16)22-23(20-15(27-22)6-4-8-18(20)30)28-17-7-3-5-14(25)24(17)32-2/h3,5,7,9-12,27-28H,4,6,8H2,1-2H3. The van der Waals surface area contributed by atoms with Crippen LogP contribution in [-0.2, 0) is 6.42 Å². The zero-order valence-corrected chi connectivity index (χ0v) is 18.4. The summed E-state index contributed by atoms with van der Waals surface area (Å²) in [6.07, 6.45) is 3.85. The number of aromatic nitrogens is 3. The molecule has 0 saturated heterocycles. The molecule has 1 aromatic carbocycles. The maximum absolute atomic E-state index is 13.0. The Morgan fingerprint density at radius 1 is 1.09 bits per heavy atom. The summed E-state index contributed by atoms with van der Waals surface area (Å²) in [5.74, 6) is 1.10. The van der Waals surface area contributed by atoms with Gasteiger partial charge in [0.1, 0.15) is 5.52 Å². The van der Waals surface area contributed by atoms with Crippen LogP contribution in [0.4, 0.5) is 11.4 Å². The van der Waals surface area contributed by atoms with Gasteiger partial charge in [0.2, 0.25) is 5.88 Å². The van der Waals surface area contributed by atoms with Crippen LogP contribution >= 0.6 is 11.6 Å². The number of pyridine rings is 2. The molecule has 0 amide bonds. The van der Waals surface area contributed by atoms with Crippen LogP contribution in [0, 0.1) is 0 Å². The smallest absolute Gasteiger partial charge is 0.213 e. The van der Waals surface area contributed by atoms with E-state index in [1.54, 1.807) is 32.5 Å². The lowest BCUT2D eigenvalue weighted by atomic mass is 9.94. The zero-order chi connectivity index (χ0) is 22.2. The second-order valence-electron chi connectivity index (χ2n) is 7.53. The monoisotopic (exact) mass is 448 g/mol. The zero-order valence-electron chi connectivity index (χ0n) is 17.7. The van der Waals surface area contributed by atoms with Crippen LogP contribution in [0.5, 0.6) is 11.6 Å². The van der Waals surface area contributed by atoms with E-state index in [-0.39, 0.29) is 5.78 Å². The van der Waals surface area contributed by atoms with Gasteiger partial charge in [0.15, 0.2) is 11.5 Å². The van der Waals surface area contributed by atoms with Gasteiger partial charge in [-0.3, -0.25) is 9.78 Å². The van der Waals surface area contributed by atoms with E-state index in [2.05, 4.69) is 20.3 Å². The molecule has 3 heterocycles. The van der Waals surface area contributed by atoms with Crippen molar-refractivity contribution in [2.24, 2.45) is 0 Å². The first kappa shape index (κ1) is 20.3. The largest absolute Gasteiger partial charge is 0.493 e. The highest BCUT2D eigenvalue weighted by atomic mass is 35.5. The third-order valence-electron chi connectivity index (χ3n) is 5.65. The second-order valence-corrected chi connectivity index (χ2v) is 7.94. The summed E-state index contributed by atoms with van der Waals surface area (Å²) in [6.45, 7) is 0. The van der Waals surface area contributed by atoms with Crippen molar-refractivity contribution in [2.45, 2.75) is 19.3 Å². The number of carbonyl (C=O) groups excluding carboxylic acids is 1. The van der Waals surface area contributed by atoms with Crippen LogP contribution in [0.3, 0.4) is 0 Å². The summed E-state index contributed by atoms with van der Waals surface area (Å²) in [5.41, 5.74) is 5.92. The molecular formula is C24H21ClN4O3. The van der Waals surface area contributed by atoms with Gasteiger partial charge < -0.3 is 19.8 Å². The van der Waals surface area contributed by atoms with Crippen molar-refractivity contribution in [3.63, 3.8) is 0 Å². The van der Waals surface area contributed by atoms with Crippen molar-refractivity contribution in [2.75, 3.05) is 19.5 Å². The molecule has 0 fully saturated rings. The number of hydrogen-bond acceptors (Lipinski definition) is 6. The minimum atomic E-state index is 0.0983. The number of fused-ring (bicyclic) bond motifs is 2. The van der Waals surface area contributed by atoms with E-state index in [4.69, 9.17) is 21.1 Å². The van der Waals surface area contributed by atoms with Crippen LogP contribution in [0.2, 0.25) is 5.02 Å². The first-order chi connectivity index (χ1) is 15.6. The van der Waals surface area contributed by atoms with Gasteiger partial charge in [0.25, 0.3) is 0 Å². The molecule has 0 bridgehead atoms. The highest BCUT2D eigenvalue weighted by Crippen LogP contribution is 2.43. The molecule has 1 aliphatic carbocycles. The first-order valence-corrected chi connectivity index (χ1v) is 10.7. The number of halogens is 1. The molecule has 0 unspecified atom stereocenters. The molecule has 162 valence electrons. The quantitative estimate of drug-likeness (QED) is 0.415. The Kier molecular flexibility index (Phi) is 5.19. The molecule has 0 aliphatic heterocycles. The number of aryl methyl sites for hydroxylation is 1. The minimum absolute atomic E-state index is 0.0983. The summed E-state index contributed by atoms with van der Waals surface area (Å²) in [6, 6.07) is 11.0. The lowest BCUT2D eigenvalue weighted by Gasteiger charge is -2.16. The number of nitrogens with zero attached hydrogens (tertiary/aromatic N) is 2. The summed E-state index contributed by atoms with van der Waals surface area (Å²) in [5, 5.41) is 3.90. The van der Waals surface area contributed by atoms with E-state index in [0.29, 0.717) is 45.5 Å². The molecule has 5 rings (SSSR count). The number of methoxy groups -OCH3 is 2. The second kappa shape index (κ2) is 8.16. The molecule has 3 aromatic heterocycles. The highest BCUT2D eigenvalue weighted by Gasteiger charge is 2.28. The molecule has 2 N–H and O–H groups in total. The molecule has 0 saturated carbocycles. The summed E-state index contributed by atoms with van der Waals surface area (Å²) in [7, 11) is 3.15. The number of anilines is 2. The predicted octanol–water partition coefficient (Wildman–Crippen LogP) is 5.56.